The summed E-state index contributed by atoms with van der Waals surface area (Å²) in [4.78, 5) is 8.74. The van der Waals surface area contributed by atoms with E-state index >= 15 is 0 Å². The fraction of sp³-hybridized carbons (Fsp3) is 0.471. The minimum atomic E-state index is 0. The Balaban J connectivity index is 0.00000338. The lowest BCUT2D eigenvalue weighted by atomic mass is 10.2. The van der Waals surface area contributed by atoms with Crippen LogP contribution >= 0.6 is 24.0 Å². The second-order valence-corrected chi connectivity index (χ2v) is 5.29. The molecular formula is C17H26IN5O3. The van der Waals surface area contributed by atoms with Crippen LogP contribution in [0.3, 0.4) is 0 Å². The first-order valence-electron chi connectivity index (χ1n) is 8.22. The van der Waals surface area contributed by atoms with Gasteiger partial charge in [-0.2, -0.15) is 4.98 Å². The van der Waals surface area contributed by atoms with E-state index in [4.69, 9.17) is 14.0 Å². The summed E-state index contributed by atoms with van der Waals surface area (Å²) in [5.74, 6) is 3.35. The summed E-state index contributed by atoms with van der Waals surface area (Å²) in [7, 11) is 3.22. The quantitative estimate of drug-likeness (QED) is 0.262. The van der Waals surface area contributed by atoms with Gasteiger partial charge in [0.1, 0.15) is 0 Å². The number of benzene rings is 1. The molecule has 0 aliphatic rings. The molecule has 2 aromatic rings. The van der Waals surface area contributed by atoms with Crippen LogP contribution in [0.25, 0.3) is 0 Å². The van der Waals surface area contributed by atoms with Crippen LogP contribution in [-0.4, -0.2) is 43.4 Å². The number of ether oxygens (including phenoxy) is 2. The highest BCUT2D eigenvalue weighted by atomic mass is 127. The van der Waals surface area contributed by atoms with E-state index in [1.165, 1.54) is 0 Å². The van der Waals surface area contributed by atoms with Crippen molar-refractivity contribution in [1.82, 2.24) is 15.5 Å². The van der Waals surface area contributed by atoms with Crippen LogP contribution in [0.1, 0.15) is 25.1 Å². The van der Waals surface area contributed by atoms with Crippen molar-refractivity contribution in [2.75, 3.05) is 32.6 Å². The van der Waals surface area contributed by atoms with Gasteiger partial charge in [0.15, 0.2) is 23.3 Å². The second-order valence-electron chi connectivity index (χ2n) is 5.29. The van der Waals surface area contributed by atoms with E-state index in [1.807, 2.05) is 32.0 Å². The third-order valence-electron chi connectivity index (χ3n) is 3.38. The number of nitrogens with zero attached hydrogens (tertiary/aromatic N) is 3. The van der Waals surface area contributed by atoms with Crippen molar-refractivity contribution in [2.24, 2.45) is 4.99 Å². The molecule has 0 aliphatic carbocycles. The number of methoxy groups -OCH3 is 2. The minimum absolute atomic E-state index is 0. The lowest BCUT2D eigenvalue weighted by Crippen LogP contribution is -2.30. The van der Waals surface area contributed by atoms with Crippen LogP contribution in [0.5, 0.6) is 11.5 Å². The molecule has 0 aliphatic heterocycles. The minimum Gasteiger partial charge on any atom is -0.493 e. The molecular weight excluding hydrogens is 449 g/mol. The van der Waals surface area contributed by atoms with Gasteiger partial charge in [-0.3, -0.25) is 4.99 Å². The van der Waals surface area contributed by atoms with Gasteiger partial charge in [-0.05, 0) is 32.4 Å². The van der Waals surface area contributed by atoms with Crippen LogP contribution in [0, 0.1) is 6.92 Å². The summed E-state index contributed by atoms with van der Waals surface area (Å²) in [5.41, 5.74) is 0.866. The number of aryl methyl sites for hydroxylation is 2. The van der Waals surface area contributed by atoms with Crippen LogP contribution < -0.4 is 20.1 Å². The van der Waals surface area contributed by atoms with Gasteiger partial charge in [0.25, 0.3) is 0 Å². The Kier molecular flexibility index (Phi) is 9.78. The Morgan fingerprint density at radius 2 is 2.00 bits per heavy atom. The summed E-state index contributed by atoms with van der Waals surface area (Å²) < 4.78 is 15.7. The number of halogens is 1. The topological polar surface area (TPSA) is 93.8 Å². The van der Waals surface area contributed by atoms with E-state index < -0.39 is 0 Å². The first-order chi connectivity index (χ1) is 12.2. The summed E-state index contributed by atoms with van der Waals surface area (Å²) in [6.45, 7) is 5.24. The lowest BCUT2D eigenvalue weighted by molar-refractivity contribution is 0.355. The van der Waals surface area contributed by atoms with E-state index in [1.54, 1.807) is 14.2 Å². The van der Waals surface area contributed by atoms with Gasteiger partial charge < -0.3 is 24.6 Å². The summed E-state index contributed by atoms with van der Waals surface area (Å²) in [6, 6.07) is 5.63. The Bertz CT molecular complexity index is 705. The molecule has 0 bridgehead atoms. The van der Waals surface area contributed by atoms with Gasteiger partial charge in [-0.1, -0.05) is 5.16 Å². The molecule has 0 unspecified atom stereocenters. The summed E-state index contributed by atoms with van der Waals surface area (Å²) in [5, 5.41) is 10.3. The molecule has 0 fully saturated rings. The van der Waals surface area contributed by atoms with Gasteiger partial charge >= 0.3 is 0 Å². The molecule has 2 N–H and O–H groups in total. The van der Waals surface area contributed by atoms with Gasteiger partial charge in [0, 0.05) is 31.3 Å². The maximum atomic E-state index is 5.32. The number of guanidine groups is 1. The van der Waals surface area contributed by atoms with E-state index in [2.05, 4.69) is 25.8 Å². The first-order valence-corrected chi connectivity index (χ1v) is 8.22. The molecule has 8 nitrogen and oxygen atoms in total. The Hall–Kier alpha value is -2.04. The van der Waals surface area contributed by atoms with Crippen molar-refractivity contribution in [1.29, 1.82) is 0 Å². The van der Waals surface area contributed by atoms with Crippen LogP contribution in [0.15, 0.2) is 27.7 Å². The van der Waals surface area contributed by atoms with E-state index in [-0.39, 0.29) is 24.0 Å². The van der Waals surface area contributed by atoms with Gasteiger partial charge in [-0.15, -0.1) is 24.0 Å². The lowest BCUT2D eigenvalue weighted by Gasteiger charge is -2.13. The van der Waals surface area contributed by atoms with Crippen molar-refractivity contribution in [3.05, 3.63) is 29.9 Å². The molecule has 1 aromatic heterocycles. The number of rotatable bonds is 8. The number of anilines is 1. The predicted molar refractivity (Wildman–Crippen MR) is 112 cm³/mol. The highest BCUT2D eigenvalue weighted by molar-refractivity contribution is 14.0. The van der Waals surface area contributed by atoms with Crippen molar-refractivity contribution >= 4 is 35.6 Å². The molecule has 0 spiro atoms. The molecule has 144 valence electrons. The average molecular weight is 475 g/mol. The maximum Gasteiger partial charge on any atom is 0.226 e. The van der Waals surface area contributed by atoms with E-state index in [9.17, 15) is 0 Å². The SMILES string of the molecule is CCNC(=NCCCc1nc(C)no1)Nc1ccc(OC)c(OC)c1.I. The van der Waals surface area contributed by atoms with Crippen LogP contribution in [0.2, 0.25) is 0 Å². The Morgan fingerprint density at radius 3 is 2.62 bits per heavy atom. The molecule has 9 heteroatoms. The molecule has 2 rings (SSSR count). The summed E-state index contributed by atoms with van der Waals surface area (Å²) in [6.07, 6.45) is 1.53. The fourth-order valence-corrected chi connectivity index (χ4v) is 2.22. The van der Waals surface area contributed by atoms with Crippen molar-refractivity contribution in [3.8, 4) is 11.5 Å². The zero-order chi connectivity index (χ0) is 18.1. The van der Waals surface area contributed by atoms with E-state index in [0.29, 0.717) is 42.1 Å². The van der Waals surface area contributed by atoms with Crippen LogP contribution in [0.4, 0.5) is 5.69 Å². The number of aromatic nitrogens is 2. The third-order valence-corrected chi connectivity index (χ3v) is 3.38. The largest absolute Gasteiger partial charge is 0.493 e. The average Bonchev–Trinajstić information content (AvgIpc) is 3.04. The van der Waals surface area contributed by atoms with Gasteiger partial charge in [0.2, 0.25) is 5.89 Å². The normalized spacial score (nSPS) is 10.8. The van der Waals surface area contributed by atoms with Gasteiger partial charge in [0.05, 0.1) is 14.2 Å². The number of hydrogen-bond donors (Lipinski definition) is 2. The predicted octanol–water partition coefficient (Wildman–Crippen LogP) is 3.02. The zero-order valence-corrected chi connectivity index (χ0v) is 17.9. The molecule has 1 aromatic carbocycles. The molecule has 0 saturated carbocycles. The maximum absolute atomic E-state index is 5.32. The Morgan fingerprint density at radius 1 is 1.23 bits per heavy atom. The molecule has 1 heterocycles. The smallest absolute Gasteiger partial charge is 0.226 e. The summed E-state index contributed by atoms with van der Waals surface area (Å²) >= 11 is 0. The molecule has 0 amide bonds. The molecule has 26 heavy (non-hydrogen) atoms. The highest BCUT2D eigenvalue weighted by Gasteiger charge is 2.06. The second kappa shape index (κ2) is 11.6. The van der Waals surface area contributed by atoms with Crippen molar-refractivity contribution < 1.29 is 14.0 Å². The van der Waals surface area contributed by atoms with Gasteiger partial charge in [-0.25, -0.2) is 0 Å². The third kappa shape index (κ3) is 6.70. The molecule has 0 saturated heterocycles. The van der Waals surface area contributed by atoms with Crippen LogP contribution in [-0.2, 0) is 6.42 Å². The molecule has 0 atom stereocenters. The fourth-order valence-electron chi connectivity index (χ4n) is 2.22. The first kappa shape index (κ1) is 22.0. The zero-order valence-electron chi connectivity index (χ0n) is 15.5. The van der Waals surface area contributed by atoms with E-state index in [0.717, 1.165) is 18.7 Å². The number of nitrogens with one attached hydrogen (secondary N) is 2. The standard InChI is InChI=1S/C17H25N5O3.HI/c1-5-18-17(19-10-6-7-16-20-12(2)22-25-16)21-13-8-9-14(23-3)15(11-13)24-4;/h8-9,11H,5-7,10H2,1-4H3,(H2,18,19,21);1H. The monoisotopic (exact) mass is 475 g/mol. The Labute approximate surface area is 170 Å². The van der Waals surface area contributed by atoms with Crippen molar-refractivity contribution in [3.63, 3.8) is 0 Å². The number of hydrogen-bond acceptors (Lipinski definition) is 6. The highest BCUT2D eigenvalue weighted by Crippen LogP contribution is 2.29. The van der Waals surface area contributed by atoms with Crippen molar-refractivity contribution in [2.45, 2.75) is 26.7 Å². The number of aliphatic imine (C=N–C) groups is 1. The molecule has 0 radical (unpaired) electrons.